The third-order valence-electron chi connectivity index (χ3n) is 6.69. The molecule has 2 aliphatic heterocycles. The van der Waals surface area contributed by atoms with Crippen LogP contribution in [0.15, 0.2) is 51.9 Å². The van der Waals surface area contributed by atoms with E-state index in [4.69, 9.17) is 19.9 Å². The molecule has 0 radical (unpaired) electrons. The second-order valence-electron chi connectivity index (χ2n) is 9.58. The SMILES string of the molecule is Cc1ccc(NC(=O)C2=C[C@H](O)[C@H](O)[C@@H](O[C@@H](C(N)=O)[C@H]3O[C@@H](n4ccc(=O)[nH]c4=O)[C@H](O)[C@@H]3CO)O2)c(C)c1. The first-order chi connectivity index (χ1) is 18.9. The molecule has 15 nitrogen and oxygen atoms in total. The maximum absolute atomic E-state index is 12.9. The summed E-state index contributed by atoms with van der Waals surface area (Å²) in [6.07, 6.45) is -9.53. The molecule has 0 aliphatic carbocycles. The van der Waals surface area contributed by atoms with Crippen LogP contribution in [0.25, 0.3) is 0 Å². The number of aryl methyl sites for hydroxylation is 2. The number of aliphatic hydroxyl groups excluding tert-OH is 4. The summed E-state index contributed by atoms with van der Waals surface area (Å²) >= 11 is 0. The van der Waals surface area contributed by atoms with Crippen molar-refractivity contribution in [2.75, 3.05) is 11.9 Å². The number of carbonyl (C=O) groups excluding carboxylic acids is 2. The molecule has 2 amide bonds. The smallest absolute Gasteiger partial charge is 0.330 e. The van der Waals surface area contributed by atoms with Crippen molar-refractivity contribution in [1.82, 2.24) is 9.55 Å². The molecule has 0 saturated carbocycles. The quantitative estimate of drug-likeness (QED) is 0.177. The summed E-state index contributed by atoms with van der Waals surface area (Å²) in [5.41, 5.74) is 6.09. The van der Waals surface area contributed by atoms with Gasteiger partial charge in [-0.1, -0.05) is 17.7 Å². The minimum absolute atomic E-state index is 0.422. The zero-order valence-electron chi connectivity index (χ0n) is 21.5. The molecule has 2 aromatic rings. The maximum atomic E-state index is 12.9. The van der Waals surface area contributed by atoms with Crippen molar-refractivity contribution >= 4 is 17.5 Å². The van der Waals surface area contributed by atoms with Crippen LogP contribution in [-0.2, 0) is 23.8 Å². The lowest BCUT2D eigenvalue weighted by Crippen LogP contribution is -2.52. The molecule has 1 aromatic carbocycles. The van der Waals surface area contributed by atoms with Gasteiger partial charge >= 0.3 is 5.69 Å². The van der Waals surface area contributed by atoms with E-state index >= 15 is 0 Å². The monoisotopic (exact) mass is 562 g/mol. The number of hydrogen-bond donors (Lipinski definition) is 7. The average Bonchev–Trinajstić information content (AvgIpc) is 3.21. The summed E-state index contributed by atoms with van der Waals surface area (Å²) in [4.78, 5) is 51.0. The molecule has 0 bridgehead atoms. The molecule has 3 heterocycles. The fraction of sp³-hybridized carbons (Fsp3) is 0.440. The highest BCUT2D eigenvalue weighted by Crippen LogP contribution is 2.36. The summed E-state index contributed by atoms with van der Waals surface area (Å²) in [5.74, 6) is -3.59. The highest BCUT2D eigenvalue weighted by Gasteiger charge is 2.51. The first kappa shape index (κ1) is 29.1. The summed E-state index contributed by atoms with van der Waals surface area (Å²) in [6.45, 7) is 2.92. The molecule has 40 heavy (non-hydrogen) atoms. The van der Waals surface area contributed by atoms with Gasteiger partial charge in [-0.3, -0.25) is 23.9 Å². The largest absolute Gasteiger partial charge is 0.456 e. The van der Waals surface area contributed by atoms with Crippen molar-refractivity contribution in [3.8, 4) is 0 Å². The number of amides is 2. The summed E-state index contributed by atoms with van der Waals surface area (Å²) in [6, 6.07) is 6.31. The van der Waals surface area contributed by atoms with Crippen molar-refractivity contribution in [2.24, 2.45) is 11.7 Å². The molecule has 1 aromatic heterocycles. The molecule has 0 unspecified atom stereocenters. The summed E-state index contributed by atoms with van der Waals surface area (Å²) < 4.78 is 17.6. The normalized spacial score (nSPS) is 28.9. The molecular formula is C25H30N4O11. The molecule has 2 aliphatic rings. The van der Waals surface area contributed by atoms with Gasteiger partial charge in [-0.2, -0.15) is 0 Å². The van der Waals surface area contributed by atoms with E-state index in [9.17, 15) is 39.6 Å². The van der Waals surface area contributed by atoms with Crippen LogP contribution in [0, 0.1) is 19.8 Å². The lowest BCUT2D eigenvalue weighted by Gasteiger charge is -2.35. The number of anilines is 1. The molecular weight excluding hydrogens is 532 g/mol. The Morgan fingerprint density at radius 2 is 1.90 bits per heavy atom. The minimum Gasteiger partial charge on any atom is -0.456 e. The molecule has 8 atom stereocenters. The number of aliphatic hydroxyl groups is 4. The standard InChI is InChI=1S/C25H30N4O11/c1-10-3-4-13(11(2)7-10)27-22(36)15-8-14(31)18(34)24(38-15)40-20(21(26)35)19-12(9-30)17(33)23(39-19)29-6-5-16(32)28-25(29)37/h3-8,12,14,17-20,23-24,30-31,33-34H,9H2,1-2H3,(H2,26,35)(H,27,36)(H,28,32,37)/t12-,14-,17+,18-,19-,20+,23+,24+/m0/s1. The molecule has 0 spiro atoms. The number of ether oxygens (including phenoxy) is 3. The Morgan fingerprint density at radius 3 is 2.52 bits per heavy atom. The minimum atomic E-state index is -1.81. The second-order valence-corrected chi connectivity index (χ2v) is 9.58. The van der Waals surface area contributed by atoms with Crippen molar-refractivity contribution in [3.05, 3.63) is 74.3 Å². The Labute approximate surface area is 226 Å². The Balaban J connectivity index is 1.55. The first-order valence-corrected chi connectivity index (χ1v) is 12.2. The van der Waals surface area contributed by atoms with Crippen LogP contribution in [0.2, 0.25) is 0 Å². The van der Waals surface area contributed by atoms with E-state index in [1.54, 1.807) is 19.1 Å². The van der Waals surface area contributed by atoms with Crippen molar-refractivity contribution in [2.45, 2.75) is 56.9 Å². The van der Waals surface area contributed by atoms with Crippen LogP contribution in [0.4, 0.5) is 5.69 Å². The molecule has 15 heteroatoms. The highest BCUT2D eigenvalue weighted by atomic mass is 16.7. The number of nitrogens with one attached hydrogen (secondary N) is 2. The number of carbonyl (C=O) groups is 2. The topological polar surface area (TPSA) is 236 Å². The fourth-order valence-electron chi connectivity index (χ4n) is 4.59. The van der Waals surface area contributed by atoms with E-state index < -0.39 is 84.4 Å². The number of hydrogen-bond acceptors (Lipinski definition) is 11. The van der Waals surface area contributed by atoms with Crippen molar-refractivity contribution in [3.63, 3.8) is 0 Å². The van der Waals surface area contributed by atoms with Crippen molar-refractivity contribution in [1.29, 1.82) is 0 Å². The van der Waals surface area contributed by atoms with Gasteiger partial charge in [0.2, 0.25) is 12.2 Å². The summed E-state index contributed by atoms with van der Waals surface area (Å²) in [5, 5.41) is 44.2. The number of nitrogens with two attached hydrogens (primary N) is 1. The second kappa shape index (κ2) is 11.7. The highest BCUT2D eigenvalue weighted by molar-refractivity contribution is 6.02. The van der Waals surface area contributed by atoms with Crippen LogP contribution in [0.1, 0.15) is 17.4 Å². The number of benzene rings is 1. The number of rotatable bonds is 8. The third-order valence-corrected chi connectivity index (χ3v) is 6.69. The van der Waals surface area contributed by atoms with Crippen LogP contribution in [-0.4, -0.2) is 85.2 Å². The lowest BCUT2D eigenvalue weighted by molar-refractivity contribution is -0.239. The van der Waals surface area contributed by atoms with Gasteiger partial charge in [0.25, 0.3) is 11.5 Å². The predicted octanol–water partition coefficient (Wildman–Crippen LogP) is -2.51. The average molecular weight is 563 g/mol. The number of aromatic amines is 1. The van der Waals surface area contributed by atoms with Gasteiger partial charge < -0.3 is 45.7 Å². The summed E-state index contributed by atoms with van der Waals surface area (Å²) in [7, 11) is 0. The van der Waals surface area contributed by atoms with Gasteiger partial charge in [-0.05, 0) is 31.6 Å². The third kappa shape index (κ3) is 5.84. The predicted molar refractivity (Wildman–Crippen MR) is 135 cm³/mol. The molecule has 216 valence electrons. The van der Waals surface area contributed by atoms with Crippen molar-refractivity contribution < 1.29 is 44.2 Å². The lowest BCUT2D eigenvalue weighted by atomic mass is 9.94. The number of aromatic nitrogens is 2. The molecule has 8 N–H and O–H groups in total. The Hall–Kier alpha value is -3.86. The fourth-order valence-corrected chi connectivity index (χ4v) is 4.59. The van der Waals surface area contributed by atoms with Crippen LogP contribution >= 0.6 is 0 Å². The zero-order valence-corrected chi connectivity index (χ0v) is 21.5. The van der Waals surface area contributed by atoms with E-state index in [0.717, 1.165) is 34.0 Å². The van der Waals surface area contributed by atoms with Gasteiger partial charge in [0.1, 0.15) is 24.4 Å². The van der Waals surface area contributed by atoms with Crippen LogP contribution in [0.3, 0.4) is 0 Å². The van der Waals surface area contributed by atoms with Gasteiger partial charge in [0.15, 0.2) is 18.1 Å². The van der Waals surface area contributed by atoms with Gasteiger partial charge in [-0.15, -0.1) is 0 Å². The van der Waals surface area contributed by atoms with E-state index in [1.807, 2.05) is 18.0 Å². The number of primary amides is 1. The van der Waals surface area contributed by atoms with E-state index in [-0.39, 0.29) is 0 Å². The van der Waals surface area contributed by atoms with Gasteiger partial charge in [-0.25, -0.2) is 4.79 Å². The maximum Gasteiger partial charge on any atom is 0.330 e. The van der Waals surface area contributed by atoms with Crippen LogP contribution < -0.4 is 22.3 Å². The van der Waals surface area contributed by atoms with Gasteiger partial charge in [0, 0.05) is 23.9 Å². The van der Waals surface area contributed by atoms with E-state index in [2.05, 4.69) is 5.32 Å². The molecule has 1 fully saturated rings. The van der Waals surface area contributed by atoms with E-state index in [0.29, 0.717) is 5.69 Å². The van der Waals surface area contributed by atoms with Crippen LogP contribution in [0.5, 0.6) is 0 Å². The Bertz CT molecular complexity index is 1420. The molecule has 4 rings (SSSR count). The first-order valence-electron chi connectivity index (χ1n) is 12.2. The Morgan fingerprint density at radius 1 is 1.18 bits per heavy atom. The zero-order chi connectivity index (χ0) is 29.3. The molecule has 1 saturated heterocycles. The Kier molecular flexibility index (Phi) is 8.53. The number of H-pyrrole nitrogens is 1. The van der Waals surface area contributed by atoms with Gasteiger partial charge in [0.05, 0.1) is 6.61 Å². The number of nitrogens with zero attached hydrogens (tertiary/aromatic N) is 1. The van der Waals surface area contributed by atoms with E-state index in [1.165, 1.54) is 0 Å².